The van der Waals surface area contributed by atoms with Gasteiger partial charge >= 0.3 is 0 Å². The van der Waals surface area contributed by atoms with Gasteiger partial charge in [-0.25, -0.2) is 0 Å². The minimum absolute atomic E-state index is 0. The molecule has 1 aliphatic rings. The van der Waals surface area contributed by atoms with Crippen LogP contribution >= 0.6 is 23.7 Å². The van der Waals surface area contributed by atoms with Crippen LogP contribution in [0.25, 0.3) is 0 Å². The monoisotopic (exact) mass is 345 g/mol. The van der Waals surface area contributed by atoms with Crippen molar-refractivity contribution in [1.82, 2.24) is 15.5 Å². The van der Waals surface area contributed by atoms with Gasteiger partial charge in [-0.15, -0.1) is 23.7 Å². The highest BCUT2D eigenvalue weighted by molar-refractivity contribution is 7.10. The Bertz CT molecular complexity index is 493. The van der Waals surface area contributed by atoms with Crippen LogP contribution in [0.3, 0.4) is 0 Å². The van der Waals surface area contributed by atoms with E-state index in [1.54, 1.807) is 11.3 Å². The zero-order chi connectivity index (χ0) is 15.1. The summed E-state index contributed by atoms with van der Waals surface area (Å²) in [4.78, 5) is 27.0. The Morgan fingerprint density at radius 2 is 2.14 bits per heavy atom. The number of thiophene rings is 1. The van der Waals surface area contributed by atoms with Gasteiger partial charge in [-0.05, 0) is 30.0 Å². The summed E-state index contributed by atoms with van der Waals surface area (Å²) in [5.41, 5.74) is 1.26. The summed E-state index contributed by atoms with van der Waals surface area (Å²) in [6.07, 6.45) is 1.51. The molecule has 0 saturated heterocycles. The second-order valence-electron chi connectivity index (χ2n) is 5.14. The predicted molar refractivity (Wildman–Crippen MR) is 91.5 cm³/mol. The van der Waals surface area contributed by atoms with Gasteiger partial charge in [-0.1, -0.05) is 6.92 Å². The summed E-state index contributed by atoms with van der Waals surface area (Å²) in [5.74, 6) is 0.0307. The van der Waals surface area contributed by atoms with Gasteiger partial charge in [0, 0.05) is 43.9 Å². The largest absolute Gasteiger partial charge is 0.355 e. The molecular formula is C15H24ClN3O2S. The summed E-state index contributed by atoms with van der Waals surface area (Å²) in [6, 6.07) is 2.09. The maximum atomic E-state index is 12.1. The molecule has 0 spiro atoms. The Balaban J connectivity index is 0.00000242. The van der Waals surface area contributed by atoms with E-state index in [0.29, 0.717) is 19.5 Å². The third-order valence-electron chi connectivity index (χ3n) is 3.60. The molecule has 0 aliphatic carbocycles. The zero-order valence-corrected chi connectivity index (χ0v) is 14.5. The lowest BCUT2D eigenvalue weighted by molar-refractivity contribution is -0.134. The van der Waals surface area contributed by atoms with Gasteiger partial charge in [-0.3, -0.25) is 9.59 Å². The molecule has 1 aromatic rings. The third-order valence-corrected chi connectivity index (χ3v) is 4.62. The Labute approximate surface area is 141 Å². The van der Waals surface area contributed by atoms with Crippen LogP contribution < -0.4 is 10.6 Å². The van der Waals surface area contributed by atoms with E-state index in [1.807, 2.05) is 11.8 Å². The highest BCUT2D eigenvalue weighted by Crippen LogP contribution is 2.24. The van der Waals surface area contributed by atoms with Crippen LogP contribution in [0.1, 0.15) is 30.2 Å². The number of hydrogen-bond acceptors (Lipinski definition) is 4. The second-order valence-corrected chi connectivity index (χ2v) is 6.14. The van der Waals surface area contributed by atoms with E-state index in [0.717, 1.165) is 26.1 Å². The molecule has 5 nitrogen and oxygen atoms in total. The first kappa shape index (κ1) is 18.9. The van der Waals surface area contributed by atoms with Crippen LogP contribution in [0.5, 0.6) is 0 Å². The van der Waals surface area contributed by atoms with E-state index in [2.05, 4.69) is 22.1 Å². The van der Waals surface area contributed by atoms with Crippen LogP contribution in [0.4, 0.5) is 0 Å². The SMILES string of the molecule is CCNCCNC(=O)CCC(=O)N1CCc2sccc2C1.Cl. The first-order chi connectivity index (χ1) is 10.2. The summed E-state index contributed by atoms with van der Waals surface area (Å²) in [7, 11) is 0. The molecule has 124 valence electrons. The molecule has 2 amide bonds. The molecule has 22 heavy (non-hydrogen) atoms. The zero-order valence-electron chi connectivity index (χ0n) is 12.9. The highest BCUT2D eigenvalue weighted by atomic mass is 35.5. The number of hydrogen-bond donors (Lipinski definition) is 2. The van der Waals surface area contributed by atoms with Gasteiger partial charge in [0.05, 0.1) is 0 Å². The minimum Gasteiger partial charge on any atom is -0.355 e. The number of nitrogens with zero attached hydrogens (tertiary/aromatic N) is 1. The van der Waals surface area contributed by atoms with Crippen molar-refractivity contribution in [2.75, 3.05) is 26.2 Å². The fourth-order valence-corrected chi connectivity index (χ4v) is 3.29. The summed E-state index contributed by atoms with van der Waals surface area (Å²) in [6.45, 7) is 5.77. The van der Waals surface area contributed by atoms with Crippen LogP contribution in [0.2, 0.25) is 0 Å². The van der Waals surface area contributed by atoms with Crippen molar-refractivity contribution in [1.29, 1.82) is 0 Å². The van der Waals surface area contributed by atoms with Crippen molar-refractivity contribution in [2.45, 2.75) is 32.7 Å². The van der Waals surface area contributed by atoms with Gasteiger partial charge in [-0.2, -0.15) is 0 Å². The van der Waals surface area contributed by atoms with Gasteiger partial charge < -0.3 is 15.5 Å². The van der Waals surface area contributed by atoms with Gasteiger partial charge in [0.2, 0.25) is 11.8 Å². The Hall–Kier alpha value is -1.11. The van der Waals surface area contributed by atoms with Crippen molar-refractivity contribution < 1.29 is 9.59 Å². The molecule has 1 aliphatic heterocycles. The molecule has 7 heteroatoms. The molecule has 0 radical (unpaired) electrons. The van der Waals surface area contributed by atoms with E-state index in [1.165, 1.54) is 10.4 Å². The van der Waals surface area contributed by atoms with Crippen molar-refractivity contribution in [3.05, 3.63) is 21.9 Å². The molecule has 0 fully saturated rings. The maximum absolute atomic E-state index is 12.1. The number of amides is 2. The lowest BCUT2D eigenvalue weighted by Crippen LogP contribution is -2.36. The second kappa shape index (κ2) is 9.82. The molecule has 0 atom stereocenters. The van der Waals surface area contributed by atoms with Gasteiger partial charge in [0.25, 0.3) is 0 Å². The summed E-state index contributed by atoms with van der Waals surface area (Å²) >= 11 is 1.76. The quantitative estimate of drug-likeness (QED) is 0.737. The standard InChI is InChI=1S/C15H23N3O2S.ClH/c1-2-16-7-8-17-14(19)3-4-15(20)18-9-5-13-12(11-18)6-10-21-13;/h6,10,16H,2-5,7-9,11H2,1H3,(H,17,19);1H. The first-order valence-electron chi connectivity index (χ1n) is 7.51. The lowest BCUT2D eigenvalue weighted by Gasteiger charge is -2.27. The predicted octanol–water partition coefficient (Wildman–Crippen LogP) is 1.56. The summed E-state index contributed by atoms with van der Waals surface area (Å²) < 4.78 is 0. The van der Waals surface area contributed by atoms with Crippen molar-refractivity contribution in [3.8, 4) is 0 Å². The van der Waals surface area contributed by atoms with Crippen LogP contribution in [-0.4, -0.2) is 42.9 Å². The molecule has 1 aromatic heterocycles. The number of halogens is 1. The van der Waals surface area contributed by atoms with E-state index in [-0.39, 0.29) is 30.6 Å². The maximum Gasteiger partial charge on any atom is 0.223 e. The van der Waals surface area contributed by atoms with E-state index in [9.17, 15) is 9.59 Å². The fraction of sp³-hybridized carbons (Fsp3) is 0.600. The molecule has 2 N–H and O–H groups in total. The van der Waals surface area contributed by atoms with Gasteiger partial charge in [0.1, 0.15) is 0 Å². The van der Waals surface area contributed by atoms with Crippen molar-refractivity contribution in [2.24, 2.45) is 0 Å². The third kappa shape index (κ3) is 5.59. The minimum atomic E-state index is -0.0468. The Kier molecular flexibility index (Phi) is 8.45. The van der Waals surface area contributed by atoms with E-state index >= 15 is 0 Å². The highest BCUT2D eigenvalue weighted by Gasteiger charge is 2.21. The number of carbonyl (C=O) groups excluding carboxylic acids is 2. The summed E-state index contributed by atoms with van der Waals surface area (Å²) in [5, 5.41) is 8.03. The Morgan fingerprint density at radius 1 is 1.32 bits per heavy atom. The van der Waals surface area contributed by atoms with Crippen LogP contribution in [0.15, 0.2) is 11.4 Å². The van der Waals surface area contributed by atoms with Crippen LogP contribution in [0, 0.1) is 0 Å². The van der Waals surface area contributed by atoms with E-state index in [4.69, 9.17) is 0 Å². The first-order valence-corrected chi connectivity index (χ1v) is 8.39. The van der Waals surface area contributed by atoms with Crippen molar-refractivity contribution in [3.63, 3.8) is 0 Å². The normalized spacial score (nSPS) is 13.2. The molecule has 0 aromatic carbocycles. The molecular weight excluding hydrogens is 322 g/mol. The molecule has 0 bridgehead atoms. The van der Waals surface area contributed by atoms with Crippen molar-refractivity contribution >= 4 is 35.6 Å². The van der Waals surface area contributed by atoms with Crippen LogP contribution in [-0.2, 0) is 22.6 Å². The number of nitrogens with one attached hydrogen (secondary N) is 2. The average molecular weight is 346 g/mol. The Morgan fingerprint density at radius 3 is 2.91 bits per heavy atom. The molecule has 0 saturated carbocycles. The number of fused-ring (bicyclic) bond motifs is 1. The number of likely N-dealkylation sites (N-methyl/N-ethyl adjacent to an activating group) is 1. The average Bonchev–Trinajstić information content (AvgIpc) is 2.96. The number of rotatable bonds is 7. The molecule has 2 heterocycles. The van der Waals surface area contributed by atoms with Gasteiger partial charge in [0.15, 0.2) is 0 Å². The lowest BCUT2D eigenvalue weighted by atomic mass is 10.1. The smallest absolute Gasteiger partial charge is 0.223 e. The molecule has 2 rings (SSSR count). The number of carbonyl (C=O) groups is 2. The molecule has 0 unspecified atom stereocenters. The fourth-order valence-electron chi connectivity index (χ4n) is 2.40. The van der Waals surface area contributed by atoms with E-state index < -0.39 is 0 Å². The topological polar surface area (TPSA) is 61.4 Å².